The Morgan fingerprint density at radius 2 is 1.70 bits per heavy atom. The zero-order valence-corrected chi connectivity index (χ0v) is 11.2. The van der Waals surface area contributed by atoms with Gasteiger partial charge in [-0.15, -0.1) is 0 Å². The van der Waals surface area contributed by atoms with E-state index in [9.17, 15) is 14.4 Å². The van der Waals surface area contributed by atoms with E-state index in [4.69, 9.17) is 4.74 Å². The molecule has 20 heavy (non-hydrogen) atoms. The molecule has 1 aromatic rings. The van der Waals surface area contributed by atoms with Crippen molar-refractivity contribution >= 4 is 17.7 Å². The van der Waals surface area contributed by atoms with Gasteiger partial charge in [0, 0.05) is 18.6 Å². The minimum absolute atomic E-state index is 0.152. The minimum atomic E-state index is -0.750. The molecule has 0 bridgehead atoms. The van der Waals surface area contributed by atoms with E-state index in [-0.39, 0.29) is 12.4 Å². The van der Waals surface area contributed by atoms with Gasteiger partial charge in [0.15, 0.2) is 5.78 Å². The van der Waals surface area contributed by atoms with E-state index in [1.165, 1.54) is 0 Å². The fourth-order valence-corrected chi connectivity index (χ4v) is 1.33. The Morgan fingerprint density at radius 1 is 1.05 bits per heavy atom. The Kier molecular flexibility index (Phi) is 6.75. The number of hydrogen-bond acceptors (Lipinski definition) is 5. The van der Waals surface area contributed by atoms with Crippen molar-refractivity contribution in [3.05, 3.63) is 42.5 Å². The standard InChI is InChI=1S/C15H16O5/c1-2-6-12(16)11-19-14(17)9-10-15(18)20-13-7-4-3-5-8-13/h3-5,7-10H,2,6,11H2,1H3/b10-9+. The number of carbonyl (C=O) groups excluding carboxylic acids is 3. The van der Waals surface area contributed by atoms with Crippen molar-refractivity contribution in [2.45, 2.75) is 19.8 Å². The zero-order valence-electron chi connectivity index (χ0n) is 11.2. The van der Waals surface area contributed by atoms with Crippen LogP contribution in [0.3, 0.4) is 0 Å². The number of carbonyl (C=O) groups is 3. The number of esters is 2. The maximum Gasteiger partial charge on any atom is 0.336 e. The highest BCUT2D eigenvalue weighted by Crippen LogP contribution is 2.08. The van der Waals surface area contributed by atoms with Gasteiger partial charge in [-0.25, -0.2) is 9.59 Å². The van der Waals surface area contributed by atoms with Crippen molar-refractivity contribution in [1.82, 2.24) is 0 Å². The molecule has 0 aliphatic heterocycles. The van der Waals surface area contributed by atoms with Crippen molar-refractivity contribution in [2.75, 3.05) is 6.61 Å². The molecule has 0 fully saturated rings. The van der Waals surface area contributed by atoms with Crippen molar-refractivity contribution < 1.29 is 23.9 Å². The molecule has 0 radical (unpaired) electrons. The molecule has 0 N–H and O–H groups in total. The van der Waals surface area contributed by atoms with Gasteiger partial charge in [0.1, 0.15) is 12.4 Å². The number of ketones is 1. The lowest BCUT2D eigenvalue weighted by molar-refractivity contribution is -0.143. The summed E-state index contributed by atoms with van der Waals surface area (Å²) in [5.74, 6) is -1.21. The van der Waals surface area contributed by atoms with Crippen molar-refractivity contribution in [3.63, 3.8) is 0 Å². The van der Waals surface area contributed by atoms with E-state index >= 15 is 0 Å². The van der Waals surface area contributed by atoms with Gasteiger partial charge in [0.25, 0.3) is 0 Å². The molecule has 0 saturated heterocycles. The molecule has 0 heterocycles. The van der Waals surface area contributed by atoms with E-state index in [1.807, 2.05) is 6.92 Å². The van der Waals surface area contributed by atoms with Crippen LogP contribution in [0.4, 0.5) is 0 Å². The highest BCUT2D eigenvalue weighted by Gasteiger charge is 2.05. The van der Waals surface area contributed by atoms with Crippen LogP contribution in [0.1, 0.15) is 19.8 Å². The molecular weight excluding hydrogens is 260 g/mol. The first-order valence-electron chi connectivity index (χ1n) is 6.25. The Bertz CT molecular complexity index is 490. The average Bonchev–Trinajstić information content (AvgIpc) is 2.44. The van der Waals surface area contributed by atoms with E-state index < -0.39 is 11.9 Å². The molecular formula is C15H16O5. The van der Waals surface area contributed by atoms with Crippen LogP contribution in [0.15, 0.2) is 42.5 Å². The third kappa shape index (κ3) is 6.49. The highest BCUT2D eigenvalue weighted by atomic mass is 16.5. The molecule has 1 aromatic carbocycles. The smallest absolute Gasteiger partial charge is 0.336 e. The van der Waals surface area contributed by atoms with Gasteiger partial charge in [0.05, 0.1) is 0 Å². The maximum atomic E-state index is 11.4. The number of rotatable bonds is 7. The van der Waals surface area contributed by atoms with Crippen molar-refractivity contribution in [1.29, 1.82) is 0 Å². The molecule has 0 aromatic heterocycles. The molecule has 0 aliphatic carbocycles. The number of Topliss-reactive ketones (excluding diaryl/α,β-unsaturated/α-hetero) is 1. The van der Waals surface area contributed by atoms with Crippen LogP contribution in [-0.4, -0.2) is 24.3 Å². The summed E-state index contributed by atoms with van der Waals surface area (Å²) in [6.07, 6.45) is 2.97. The number of hydrogen-bond donors (Lipinski definition) is 0. The van der Waals surface area contributed by atoms with Gasteiger partial charge in [-0.05, 0) is 18.6 Å². The second-order valence-corrected chi connectivity index (χ2v) is 3.96. The SMILES string of the molecule is CCCC(=O)COC(=O)/C=C/C(=O)Oc1ccccc1. The van der Waals surface area contributed by atoms with Crippen LogP contribution >= 0.6 is 0 Å². The van der Waals surface area contributed by atoms with Crippen LogP contribution in [0.25, 0.3) is 0 Å². The lowest BCUT2D eigenvalue weighted by atomic mass is 10.2. The second kappa shape index (κ2) is 8.63. The molecule has 106 valence electrons. The summed E-state index contributed by atoms with van der Waals surface area (Å²) >= 11 is 0. The summed E-state index contributed by atoms with van der Waals surface area (Å²) in [5, 5.41) is 0. The van der Waals surface area contributed by atoms with Gasteiger partial charge in [0.2, 0.25) is 0 Å². The maximum absolute atomic E-state index is 11.4. The summed E-state index contributed by atoms with van der Waals surface area (Å²) in [6, 6.07) is 8.47. The lowest BCUT2D eigenvalue weighted by Crippen LogP contribution is -2.12. The normalized spacial score (nSPS) is 10.2. The zero-order chi connectivity index (χ0) is 14.8. The van der Waals surface area contributed by atoms with E-state index in [1.54, 1.807) is 30.3 Å². The Hall–Kier alpha value is -2.43. The van der Waals surface area contributed by atoms with Gasteiger partial charge in [-0.1, -0.05) is 25.1 Å². The predicted octanol–water partition coefficient (Wildman–Crippen LogP) is 2.06. The van der Waals surface area contributed by atoms with Crippen LogP contribution < -0.4 is 4.74 Å². The molecule has 0 spiro atoms. The molecule has 0 atom stereocenters. The van der Waals surface area contributed by atoms with Gasteiger partial charge < -0.3 is 9.47 Å². The fourth-order valence-electron chi connectivity index (χ4n) is 1.33. The van der Waals surface area contributed by atoms with Crippen molar-refractivity contribution in [2.24, 2.45) is 0 Å². The Labute approximate surface area is 117 Å². The summed E-state index contributed by atoms with van der Waals surface area (Å²) in [7, 11) is 0. The first kappa shape index (κ1) is 15.6. The summed E-state index contributed by atoms with van der Waals surface area (Å²) < 4.78 is 9.60. The predicted molar refractivity (Wildman–Crippen MR) is 72.1 cm³/mol. The van der Waals surface area contributed by atoms with E-state index in [2.05, 4.69) is 4.74 Å². The Morgan fingerprint density at radius 3 is 2.35 bits per heavy atom. The third-order valence-electron chi connectivity index (χ3n) is 2.22. The monoisotopic (exact) mass is 276 g/mol. The topological polar surface area (TPSA) is 69.7 Å². The molecule has 5 heteroatoms. The number of benzene rings is 1. The van der Waals surface area contributed by atoms with Gasteiger partial charge in [-0.3, -0.25) is 4.79 Å². The molecule has 0 amide bonds. The van der Waals surface area contributed by atoms with E-state index in [0.29, 0.717) is 18.6 Å². The largest absolute Gasteiger partial charge is 0.455 e. The first-order chi connectivity index (χ1) is 9.61. The van der Waals surface area contributed by atoms with Crippen LogP contribution in [0.5, 0.6) is 5.75 Å². The number of para-hydroxylation sites is 1. The quantitative estimate of drug-likeness (QED) is 0.433. The van der Waals surface area contributed by atoms with Gasteiger partial charge in [-0.2, -0.15) is 0 Å². The number of ether oxygens (including phenoxy) is 2. The second-order valence-electron chi connectivity index (χ2n) is 3.96. The summed E-state index contributed by atoms with van der Waals surface area (Å²) in [6.45, 7) is 1.59. The van der Waals surface area contributed by atoms with Crippen LogP contribution in [0, 0.1) is 0 Å². The Balaban J connectivity index is 2.34. The van der Waals surface area contributed by atoms with Gasteiger partial charge >= 0.3 is 11.9 Å². The minimum Gasteiger partial charge on any atom is -0.455 e. The highest BCUT2D eigenvalue weighted by molar-refractivity contribution is 5.93. The molecule has 0 unspecified atom stereocenters. The molecule has 0 saturated carbocycles. The molecule has 0 aliphatic rings. The average molecular weight is 276 g/mol. The fraction of sp³-hybridized carbons (Fsp3) is 0.267. The molecule has 5 nitrogen and oxygen atoms in total. The van der Waals surface area contributed by atoms with E-state index in [0.717, 1.165) is 12.2 Å². The molecule has 1 rings (SSSR count). The lowest BCUT2D eigenvalue weighted by Gasteiger charge is -2.01. The third-order valence-corrected chi connectivity index (χ3v) is 2.22. The van der Waals surface area contributed by atoms with Crippen molar-refractivity contribution in [3.8, 4) is 5.75 Å². The summed E-state index contributed by atoms with van der Waals surface area (Å²) in [5.41, 5.74) is 0. The summed E-state index contributed by atoms with van der Waals surface area (Å²) in [4.78, 5) is 33.7. The van der Waals surface area contributed by atoms with Crippen LogP contribution in [-0.2, 0) is 19.1 Å². The first-order valence-corrected chi connectivity index (χ1v) is 6.25. The van der Waals surface area contributed by atoms with Crippen LogP contribution in [0.2, 0.25) is 0 Å².